The number of benzene rings is 1. The minimum atomic E-state index is -0.700. The highest BCUT2D eigenvalue weighted by molar-refractivity contribution is 5.87. The molecule has 2 atom stereocenters. The molecule has 0 aliphatic carbocycles. The molecule has 5 rings (SSSR count). The van der Waals surface area contributed by atoms with E-state index in [2.05, 4.69) is 25.1 Å². The van der Waals surface area contributed by atoms with Crippen LogP contribution in [0.5, 0.6) is 0 Å². The van der Waals surface area contributed by atoms with Gasteiger partial charge in [-0.2, -0.15) is 5.10 Å². The largest absolute Gasteiger partial charge is 0.373 e. The summed E-state index contributed by atoms with van der Waals surface area (Å²) in [6.45, 7) is 4.22. The van der Waals surface area contributed by atoms with Gasteiger partial charge in [0.15, 0.2) is 5.65 Å². The van der Waals surface area contributed by atoms with Crippen LogP contribution in [-0.4, -0.2) is 36.7 Å². The van der Waals surface area contributed by atoms with Crippen LogP contribution in [0.3, 0.4) is 0 Å². The molecule has 1 N–H and O–H groups in total. The van der Waals surface area contributed by atoms with Gasteiger partial charge in [-0.25, -0.2) is 28.7 Å². The van der Waals surface area contributed by atoms with Crippen molar-refractivity contribution in [2.45, 2.75) is 38.7 Å². The fourth-order valence-electron chi connectivity index (χ4n) is 3.88. The zero-order chi connectivity index (χ0) is 21.5. The molecule has 3 aromatic heterocycles. The average molecular weight is 422 g/mol. The van der Waals surface area contributed by atoms with Crippen molar-refractivity contribution < 1.29 is 13.5 Å². The van der Waals surface area contributed by atoms with Crippen LogP contribution in [0.25, 0.3) is 22.4 Å². The van der Waals surface area contributed by atoms with E-state index in [1.165, 1.54) is 12.1 Å². The Morgan fingerprint density at radius 3 is 2.68 bits per heavy atom. The van der Waals surface area contributed by atoms with Crippen molar-refractivity contribution in [1.29, 1.82) is 0 Å². The van der Waals surface area contributed by atoms with Crippen molar-refractivity contribution in [2.75, 3.05) is 6.61 Å². The number of hydrogen-bond acceptors (Lipinski definition) is 6. The summed E-state index contributed by atoms with van der Waals surface area (Å²) < 4.78 is 34.1. The van der Waals surface area contributed by atoms with Crippen molar-refractivity contribution in [1.82, 2.24) is 30.1 Å². The van der Waals surface area contributed by atoms with Gasteiger partial charge in [0, 0.05) is 35.9 Å². The van der Waals surface area contributed by atoms with Gasteiger partial charge in [-0.3, -0.25) is 5.10 Å². The smallest absolute Gasteiger partial charge is 0.182 e. The van der Waals surface area contributed by atoms with Crippen LogP contribution in [0.4, 0.5) is 8.78 Å². The fraction of sp³-hybridized carbons (Fsp3) is 0.318. The Kier molecular flexibility index (Phi) is 4.90. The second-order valence-electron chi connectivity index (χ2n) is 7.73. The van der Waals surface area contributed by atoms with E-state index >= 15 is 0 Å². The Labute approximate surface area is 176 Å². The molecule has 1 aromatic carbocycles. The van der Waals surface area contributed by atoms with Crippen molar-refractivity contribution in [3.63, 3.8) is 0 Å². The van der Waals surface area contributed by atoms with E-state index in [1.807, 2.05) is 20.0 Å². The van der Waals surface area contributed by atoms with Gasteiger partial charge in [0.05, 0.1) is 23.7 Å². The van der Waals surface area contributed by atoms with E-state index < -0.39 is 11.6 Å². The number of aromatic nitrogens is 6. The number of hydrogen-bond donors (Lipinski definition) is 1. The summed E-state index contributed by atoms with van der Waals surface area (Å²) in [4.78, 5) is 18.6. The summed E-state index contributed by atoms with van der Waals surface area (Å²) in [6, 6.07) is 3.44. The average Bonchev–Trinajstić information content (AvgIpc) is 3.29. The summed E-state index contributed by atoms with van der Waals surface area (Å²) in [6.07, 6.45) is 4.81. The maximum atomic E-state index is 14.7. The van der Waals surface area contributed by atoms with Crippen LogP contribution in [0.1, 0.15) is 47.6 Å². The van der Waals surface area contributed by atoms with Gasteiger partial charge in [0.2, 0.25) is 0 Å². The van der Waals surface area contributed by atoms with E-state index in [0.717, 1.165) is 23.7 Å². The molecule has 7 nitrogen and oxygen atoms in total. The van der Waals surface area contributed by atoms with Gasteiger partial charge in [0.1, 0.15) is 28.7 Å². The van der Waals surface area contributed by atoms with E-state index in [9.17, 15) is 8.78 Å². The maximum absolute atomic E-state index is 14.7. The van der Waals surface area contributed by atoms with E-state index in [-0.39, 0.29) is 17.6 Å². The zero-order valence-electron chi connectivity index (χ0n) is 17.1. The van der Waals surface area contributed by atoms with Crippen LogP contribution in [0, 0.1) is 25.5 Å². The molecular weight excluding hydrogens is 402 g/mol. The highest BCUT2D eigenvalue weighted by atomic mass is 19.1. The number of rotatable bonds is 3. The van der Waals surface area contributed by atoms with Gasteiger partial charge < -0.3 is 4.74 Å². The van der Waals surface area contributed by atoms with E-state index in [0.29, 0.717) is 41.4 Å². The third-order valence-electron chi connectivity index (χ3n) is 5.69. The maximum Gasteiger partial charge on any atom is 0.182 e. The lowest BCUT2D eigenvalue weighted by Crippen LogP contribution is -2.20. The number of aromatic amines is 1. The van der Waals surface area contributed by atoms with Crippen LogP contribution < -0.4 is 0 Å². The molecule has 4 heterocycles. The van der Waals surface area contributed by atoms with E-state index in [4.69, 9.17) is 9.72 Å². The third-order valence-corrected chi connectivity index (χ3v) is 5.69. The molecule has 0 radical (unpaired) electrons. The van der Waals surface area contributed by atoms with Gasteiger partial charge in [-0.05, 0) is 38.8 Å². The highest BCUT2D eigenvalue weighted by Gasteiger charge is 2.29. The normalized spacial score (nSPS) is 19.1. The van der Waals surface area contributed by atoms with Gasteiger partial charge >= 0.3 is 0 Å². The third kappa shape index (κ3) is 3.65. The predicted octanol–water partition coefficient (Wildman–Crippen LogP) is 4.34. The SMILES string of the molecule is Cc1nc2nc(C3CCOC(c4cn[nH]c4)C3)nc(-c3ccc(F)cc3F)c2nc1C. The molecule has 31 heavy (non-hydrogen) atoms. The summed E-state index contributed by atoms with van der Waals surface area (Å²) in [5, 5.41) is 6.80. The number of ether oxygens (including phenoxy) is 1. The topological polar surface area (TPSA) is 89.5 Å². The molecule has 0 spiro atoms. The zero-order valence-corrected chi connectivity index (χ0v) is 17.1. The lowest BCUT2D eigenvalue weighted by Gasteiger charge is -2.28. The Bertz CT molecular complexity index is 1260. The van der Waals surface area contributed by atoms with Crippen molar-refractivity contribution >= 4 is 11.2 Å². The first-order valence-electron chi connectivity index (χ1n) is 10.1. The monoisotopic (exact) mass is 422 g/mol. The summed E-state index contributed by atoms with van der Waals surface area (Å²) >= 11 is 0. The number of nitrogens with zero attached hydrogens (tertiary/aromatic N) is 5. The fourth-order valence-corrected chi connectivity index (χ4v) is 3.88. The standard InChI is InChI=1S/C22H20F2N6O/c1-11-12(2)28-22-20(27-11)19(16-4-3-15(23)8-17(16)24)29-21(30-22)13-5-6-31-18(7-13)14-9-25-26-10-14/h3-4,8-10,13,18H,5-7H2,1-2H3,(H,25,26). The van der Waals surface area contributed by atoms with Crippen molar-refractivity contribution in [3.05, 3.63) is 65.0 Å². The van der Waals surface area contributed by atoms with Crippen LogP contribution >= 0.6 is 0 Å². The second-order valence-corrected chi connectivity index (χ2v) is 7.73. The molecular formula is C22H20F2N6O. The number of aryl methyl sites for hydroxylation is 2. The molecule has 0 amide bonds. The van der Waals surface area contributed by atoms with Crippen molar-refractivity contribution in [2.24, 2.45) is 0 Å². The molecule has 1 fully saturated rings. The molecule has 2 unspecified atom stereocenters. The first-order valence-corrected chi connectivity index (χ1v) is 10.1. The first-order chi connectivity index (χ1) is 15.0. The van der Waals surface area contributed by atoms with Crippen molar-refractivity contribution in [3.8, 4) is 11.3 Å². The number of fused-ring (bicyclic) bond motifs is 1. The van der Waals surface area contributed by atoms with Gasteiger partial charge in [0.25, 0.3) is 0 Å². The molecule has 9 heteroatoms. The predicted molar refractivity (Wildman–Crippen MR) is 109 cm³/mol. The molecule has 1 aliphatic rings. The number of nitrogens with one attached hydrogen (secondary N) is 1. The molecule has 1 saturated heterocycles. The van der Waals surface area contributed by atoms with Crippen LogP contribution in [-0.2, 0) is 4.74 Å². The Hall–Kier alpha value is -3.33. The number of H-pyrrole nitrogens is 1. The molecule has 0 saturated carbocycles. The Morgan fingerprint density at radius 2 is 1.90 bits per heavy atom. The second kappa shape index (κ2) is 7.73. The quantitative estimate of drug-likeness (QED) is 0.528. The minimum absolute atomic E-state index is 0.0104. The Morgan fingerprint density at radius 1 is 1.06 bits per heavy atom. The van der Waals surface area contributed by atoms with Gasteiger partial charge in [-0.15, -0.1) is 0 Å². The Balaban J connectivity index is 1.64. The highest BCUT2D eigenvalue weighted by Crippen LogP contribution is 2.37. The van der Waals surface area contributed by atoms with E-state index in [1.54, 1.807) is 6.20 Å². The lowest BCUT2D eigenvalue weighted by atomic mass is 9.92. The summed E-state index contributed by atoms with van der Waals surface area (Å²) in [7, 11) is 0. The molecule has 0 bridgehead atoms. The minimum Gasteiger partial charge on any atom is -0.373 e. The lowest BCUT2D eigenvalue weighted by molar-refractivity contribution is 0.00403. The number of halogens is 2. The summed E-state index contributed by atoms with van der Waals surface area (Å²) in [5.74, 6) is -0.802. The first kappa shape index (κ1) is 19.6. The molecule has 158 valence electrons. The van der Waals surface area contributed by atoms with Gasteiger partial charge in [-0.1, -0.05) is 0 Å². The van der Waals surface area contributed by atoms with Crippen LogP contribution in [0.2, 0.25) is 0 Å². The summed E-state index contributed by atoms with van der Waals surface area (Å²) in [5.41, 5.74) is 3.70. The molecule has 4 aromatic rings. The van der Waals surface area contributed by atoms with Crippen LogP contribution in [0.15, 0.2) is 30.6 Å². The molecule has 1 aliphatic heterocycles.